The minimum Gasteiger partial charge on any atom is -0.351 e. The molecule has 0 spiro atoms. The Kier molecular flexibility index (Phi) is 29.8. The Morgan fingerprint density at radius 2 is 0.396 bits per heavy atom. The second-order valence-electron chi connectivity index (χ2n) is 18.4. The van der Waals surface area contributed by atoms with Crippen molar-refractivity contribution in [2.75, 3.05) is 26.4 Å². The molecule has 0 aromatic rings. The van der Waals surface area contributed by atoms with E-state index >= 15 is 0 Å². The van der Waals surface area contributed by atoms with E-state index in [9.17, 15) is 182 Å². The van der Waals surface area contributed by atoms with Crippen molar-refractivity contribution in [3.05, 3.63) is 0 Å². The van der Waals surface area contributed by atoms with Crippen LogP contribution < -0.4 is 4.72 Å². The van der Waals surface area contributed by atoms with Crippen LogP contribution in [0.3, 0.4) is 0 Å². The first-order valence-electron chi connectivity index (χ1n) is 23.4. The second-order valence-corrected chi connectivity index (χ2v) is 33.3. The molecule has 63 nitrogen and oxygen atoms in total. The average molecular weight is 1790 g/mol. The van der Waals surface area contributed by atoms with Gasteiger partial charge >= 0.3 is 145 Å². The molecule has 20 atom stereocenters. The second kappa shape index (κ2) is 33.0. The fraction of sp³-hybridized carbons (Fsp3) is 1.00. The summed E-state index contributed by atoms with van der Waals surface area (Å²) < 4.78 is 573. The van der Waals surface area contributed by atoms with E-state index < -0.39 is 295 Å². The predicted octanol–water partition coefficient (Wildman–Crippen LogP) is -12.6. The summed E-state index contributed by atoms with van der Waals surface area (Å²) in [4.78, 5) is 0. The zero-order chi connectivity index (χ0) is 78.2. The largest absolute Gasteiger partial charge is 0.397 e. The summed E-state index contributed by atoms with van der Waals surface area (Å²) in [6, 6.07) is 0. The molecule has 0 saturated carbocycles. The molecule has 4 fully saturated rings. The Morgan fingerprint density at radius 1 is 0.218 bits per heavy atom. The standard InChI is InChI=1S/C24H43NO62S14/c26-88(27,28)25-21-17(15(83-97(53,54)55)11(81-95(47,48)49)5(72-21)1-68-89(29,30)31)78-23-19(86-100(62,63)64)14(10(80-94(44,45)46)7(74-23)3-70-91(35,36)37)76-22-18(85-99(59,60)61)13(9(79-93(41,42)43)6(73-22)2-69-90(32,33)34)77-24-20(87-101(65,66)67)16(84-98(56,57)58)12(82-96(50,51)52)8(75-24)4-71-92(38,39)40/h5-25H,1-4H2,(H,26,27,28)(H,29,30,31)(H,32,33,34)(H,35,36,37)(H,38,39,40)(H,41,42,43)(H,44,45,46)(H,47,48,49)(H,50,51,52)(H,53,54,55)(H,56,57,58)(H,59,60,61)(H,62,63,64)(H,65,66,67)/t5-,6-,7-,8-,9-,10-,11-,12-,13+,14+,15+,16+,17+,18+,19+,20+,21-,22-,23-,24-/m1/s1. The molecule has 77 heteroatoms. The molecule has 0 amide bonds. The van der Waals surface area contributed by atoms with Gasteiger partial charge in [0, 0.05) is 0 Å². The Hall–Kier alpha value is -2.10. The molecule has 0 bridgehead atoms. The van der Waals surface area contributed by atoms with Crippen molar-refractivity contribution in [3.63, 3.8) is 0 Å². The molecule has 0 aliphatic carbocycles. The normalized spacial score (nSPS) is 32.5. The maximum absolute atomic E-state index is 12.9. The van der Waals surface area contributed by atoms with Crippen LogP contribution >= 0.6 is 0 Å². The third-order valence-electron chi connectivity index (χ3n) is 11.2. The first-order chi connectivity index (χ1) is 44.7. The molecule has 0 unspecified atom stereocenters. The fourth-order valence-electron chi connectivity index (χ4n) is 8.45. The van der Waals surface area contributed by atoms with Gasteiger partial charge in [-0.15, -0.1) is 0 Å². The number of ether oxygens (including phenoxy) is 7. The average Bonchev–Trinajstić information content (AvgIpc) is 0.754. The van der Waals surface area contributed by atoms with E-state index in [1.165, 1.54) is 0 Å². The summed E-state index contributed by atoms with van der Waals surface area (Å²) in [5.41, 5.74) is 0. The molecule has 4 aliphatic rings. The predicted molar refractivity (Wildman–Crippen MR) is 282 cm³/mol. The van der Waals surface area contributed by atoms with E-state index in [4.69, 9.17) is 33.2 Å². The minimum absolute atomic E-state index is 0.869. The number of hydrogen-bond acceptors (Lipinski definition) is 48. The van der Waals surface area contributed by atoms with Crippen molar-refractivity contribution >= 4 is 145 Å². The van der Waals surface area contributed by atoms with E-state index in [2.05, 4.69) is 54.4 Å². The van der Waals surface area contributed by atoms with Crippen LogP contribution in [0, 0.1) is 0 Å². The molecular formula is C24H43NO62S14. The first-order valence-corrected chi connectivity index (χ1v) is 42.6. The van der Waals surface area contributed by atoms with Crippen molar-refractivity contribution in [1.29, 1.82) is 0 Å². The highest BCUT2D eigenvalue weighted by atomic mass is 32.3. The number of nitrogens with one attached hydrogen (secondary N) is 1. The maximum Gasteiger partial charge on any atom is 0.397 e. The van der Waals surface area contributed by atoms with Crippen LogP contribution in [0.1, 0.15) is 0 Å². The highest BCUT2D eigenvalue weighted by Gasteiger charge is 2.63. The Labute approximate surface area is 565 Å². The van der Waals surface area contributed by atoms with Gasteiger partial charge in [0.05, 0.1) is 26.4 Å². The lowest BCUT2D eigenvalue weighted by atomic mass is 9.95. The fourth-order valence-corrected chi connectivity index (χ4v) is 14.7. The zero-order valence-corrected chi connectivity index (χ0v) is 57.9. The minimum atomic E-state index is -6.91. The first kappa shape index (κ1) is 91.3. The lowest BCUT2D eigenvalue weighted by Crippen LogP contribution is -2.70. The van der Waals surface area contributed by atoms with Crippen LogP contribution in [0.5, 0.6) is 0 Å². The van der Waals surface area contributed by atoms with E-state index in [-0.39, 0.29) is 0 Å². The maximum atomic E-state index is 12.9. The van der Waals surface area contributed by atoms with Crippen LogP contribution in [0.25, 0.3) is 0 Å². The van der Waals surface area contributed by atoms with Gasteiger partial charge < -0.3 is 33.2 Å². The molecule has 600 valence electrons. The third kappa shape index (κ3) is 33.5. The van der Waals surface area contributed by atoms with Crippen LogP contribution in [0.15, 0.2) is 0 Å². The van der Waals surface area contributed by atoms with Crippen molar-refractivity contribution in [1.82, 2.24) is 4.72 Å². The Bertz CT molecular complexity index is 4620. The van der Waals surface area contributed by atoms with Gasteiger partial charge in [0.1, 0.15) is 79.4 Å². The van der Waals surface area contributed by atoms with Gasteiger partial charge in [-0.2, -0.15) is 123 Å². The zero-order valence-electron chi connectivity index (χ0n) is 46.4. The molecule has 4 aliphatic heterocycles. The van der Waals surface area contributed by atoms with E-state index in [0.29, 0.717) is 0 Å². The van der Waals surface area contributed by atoms with Gasteiger partial charge in [-0.1, -0.05) is 0 Å². The number of rotatable bonds is 38. The highest BCUT2D eigenvalue weighted by molar-refractivity contribution is 7.84. The lowest BCUT2D eigenvalue weighted by Gasteiger charge is -2.51. The summed E-state index contributed by atoms with van der Waals surface area (Å²) in [5, 5.41) is 0. The van der Waals surface area contributed by atoms with Gasteiger partial charge in [-0.05, 0) is 0 Å². The molecule has 4 heterocycles. The van der Waals surface area contributed by atoms with Gasteiger partial charge in [0.25, 0.3) is 0 Å². The molecule has 15 N–H and O–H groups in total. The topological polar surface area (TPSA) is 958 Å². The van der Waals surface area contributed by atoms with E-state index in [1.54, 1.807) is 0 Å². The van der Waals surface area contributed by atoms with Gasteiger partial charge in [-0.25, -0.2) is 54.4 Å². The SMILES string of the molecule is O=S(=O)(O)N[C@@H]1O[C@H](COS(=O)(=O)O)[C@@H](OS(=O)(=O)O)[C@H](OS(=O)(=O)O)[C@@H]1O[C@H]1O[C@H](COS(=O)(=O)O)[C@@H](OS(=O)(=O)O)[C@H](O[C@H]2O[C@H](COS(=O)(=O)O)[C@@H](OS(=O)(=O)O)[C@H](O[C@H]3O[C@H](COS(=O)(=O)O)[C@@H](OS(=O)(=O)O)[C@H](OS(=O)(=O)O)[C@@H]3OS(=O)(=O)O)[C@@H]2OS(=O)(=O)O)[C@@H]1OS(=O)(=O)O. The summed E-state index contributed by atoms with van der Waals surface area (Å²) in [6.45, 7) is -9.28. The van der Waals surface area contributed by atoms with Gasteiger partial charge in [0.2, 0.25) is 0 Å². The molecule has 4 rings (SSSR count). The van der Waals surface area contributed by atoms with Crippen LogP contribution in [0.2, 0.25) is 0 Å². The summed E-state index contributed by atoms with van der Waals surface area (Å²) in [7, 11) is -90.7. The molecule has 0 radical (unpaired) electrons. The monoisotopic (exact) mass is 1780 g/mol. The molecule has 4 saturated heterocycles. The molecular weight excluding hydrogens is 1740 g/mol. The quantitative estimate of drug-likeness (QED) is 0.0255. The van der Waals surface area contributed by atoms with Crippen LogP contribution in [-0.2, 0) is 233 Å². The summed E-state index contributed by atoms with van der Waals surface area (Å²) in [5.74, 6) is 0. The van der Waals surface area contributed by atoms with Crippen molar-refractivity contribution in [3.8, 4) is 0 Å². The third-order valence-corrected chi connectivity index (χ3v) is 17.6. The van der Waals surface area contributed by atoms with Crippen LogP contribution in [0.4, 0.5) is 0 Å². The Balaban J connectivity index is 2.30. The van der Waals surface area contributed by atoms with Gasteiger partial charge in [-0.3, -0.25) is 63.7 Å². The highest BCUT2D eigenvalue weighted by Crippen LogP contribution is 2.42. The smallest absolute Gasteiger partial charge is 0.351 e. The summed E-state index contributed by atoms with van der Waals surface area (Å²) >= 11 is 0. The molecule has 0 aromatic heterocycles. The van der Waals surface area contributed by atoms with E-state index in [0.717, 1.165) is 4.72 Å². The van der Waals surface area contributed by atoms with Crippen molar-refractivity contribution in [2.24, 2.45) is 0 Å². The summed E-state index contributed by atoms with van der Waals surface area (Å²) in [6.07, 6.45) is -74.9. The van der Waals surface area contributed by atoms with Crippen LogP contribution in [-0.4, -0.2) is 331 Å². The number of hydrogen-bond donors (Lipinski definition) is 15. The van der Waals surface area contributed by atoms with Gasteiger partial charge in [0.15, 0.2) is 43.4 Å². The molecule has 0 aromatic carbocycles. The molecule has 101 heavy (non-hydrogen) atoms. The van der Waals surface area contributed by atoms with Crippen molar-refractivity contribution in [2.45, 2.75) is 123 Å². The lowest BCUT2D eigenvalue weighted by molar-refractivity contribution is -0.376. The Morgan fingerprint density at radius 3 is 0.614 bits per heavy atom. The van der Waals surface area contributed by atoms with Crippen molar-refractivity contribution < 1.29 is 269 Å². The van der Waals surface area contributed by atoms with E-state index in [1.807, 2.05) is 0 Å².